The summed E-state index contributed by atoms with van der Waals surface area (Å²) >= 11 is 0. The van der Waals surface area contributed by atoms with Gasteiger partial charge in [-0.3, -0.25) is 4.98 Å². The van der Waals surface area contributed by atoms with E-state index >= 15 is 0 Å². The molecule has 1 atom stereocenters. The van der Waals surface area contributed by atoms with E-state index in [4.69, 9.17) is 9.47 Å². The Labute approximate surface area is 119 Å². The largest absolute Gasteiger partial charge is 0.493 e. The van der Waals surface area contributed by atoms with Crippen LogP contribution in [0.2, 0.25) is 0 Å². The standard InChI is InChI=1S/C16H20N2O2/c1-12(14-5-4-8-17-11-14)18-10-13-6-7-15(19-2)16(9-13)20-3/h4-9,11-12,18H,10H2,1-3H3. The van der Waals surface area contributed by atoms with Gasteiger partial charge in [-0.2, -0.15) is 0 Å². The average Bonchev–Trinajstić information content (AvgIpc) is 2.53. The summed E-state index contributed by atoms with van der Waals surface area (Å²) < 4.78 is 10.5. The molecule has 0 fully saturated rings. The third kappa shape index (κ3) is 3.48. The van der Waals surface area contributed by atoms with Crippen LogP contribution in [-0.2, 0) is 6.54 Å². The number of benzene rings is 1. The normalized spacial score (nSPS) is 11.9. The van der Waals surface area contributed by atoms with Crippen molar-refractivity contribution in [1.29, 1.82) is 0 Å². The molecule has 106 valence electrons. The number of rotatable bonds is 6. The quantitative estimate of drug-likeness (QED) is 0.878. The number of nitrogens with zero attached hydrogens (tertiary/aromatic N) is 1. The maximum absolute atomic E-state index is 5.31. The molecule has 0 amide bonds. The fourth-order valence-electron chi connectivity index (χ4n) is 2.01. The Morgan fingerprint density at radius 2 is 1.95 bits per heavy atom. The monoisotopic (exact) mass is 272 g/mol. The number of methoxy groups -OCH3 is 2. The second-order valence-corrected chi connectivity index (χ2v) is 4.58. The molecule has 0 saturated carbocycles. The van der Waals surface area contributed by atoms with Crippen molar-refractivity contribution in [2.24, 2.45) is 0 Å². The maximum atomic E-state index is 5.31. The molecule has 4 heteroatoms. The Balaban J connectivity index is 2.00. The summed E-state index contributed by atoms with van der Waals surface area (Å²) in [6.45, 7) is 2.88. The van der Waals surface area contributed by atoms with E-state index in [1.54, 1.807) is 20.4 Å². The second-order valence-electron chi connectivity index (χ2n) is 4.58. The van der Waals surface area contributed by atoms with E-state index in [1.807, 2.05) is 30.5 Å². The van der Waals surface area contributed by atoms with Gasteiger partial charge in [-0.1, -0.05) is 12.1 Å². The maximum Gasteiger partial charge on any atom is 0.161 e. The van der Waals surface area contributed by atoms with Crippen molar-refractivity contribution in [3.05, 3.63) is 53.9 Å². The molecule has 2 aromatic rings. The smallest absolute Gasteiger partial charge is 0.161 e. The SMILES string of the molecule is COc1ccc(CNC(C)c2cccnc2)cc1OC. The zero-order valence-electron chi connectivity index (χ0n) is 12.1. The van der Waals surface area contributed by atoms with Gasteiger partial charge >= 0.3 is 0 Å². The van der Waals surface area contributed by atoms with Crippen LogP contribution in [0.25, 0.3) is 0 Å². The first-order valence-electron chi connectivity index (χ1n) is 6.59. The number of pyridine rings is 1. The van der Waals surface area contributed by atoms with Gasteiger partial charge in [0.05, 0.1) is 14.2 Å². The lowest BCUT2D eigenvalue weighted by atomic mass is 10.1. The summed E-state index contributed by atoms with van der Waals surface area (Å²) in [7, 11) is 3.29. The fourth-order valence-corrected chi connectivity index (χ4v) is 2.01. The highest BCUT2D eigenvalue weighted by atomic mass is 16.5. The highest BCUT2D eigenvalue weighted by Gasteiger charge is 2.07. The Hall–Kier alpha value is -2.07. The highest BCUT2D eigenvalue weighted by molar-refractivity contribution is 5.42. The molecule has 0 aliphatic heterocycles. The van der Waals surface area contributed by atoms with Crippen LogP contribution in [0.15, 0.2) is 42.7 Å². The summed E-state index contributed by atoms with van der Waals surface area (Å²) in [5.74, 6) is 1.50. The lowest BCUT2D eigenvalue weighted by Gasteiger charge is -2.15. The molecular formula is C16H20N2O2. The van der Waals surface area contributed by atoms with Crippen molar-refractivity contribution in [3.63, 3.8) is 0 Å². The van der Waals surface area contributed by atoms with Gasteiger partial charge in [-0.25, -0.2) is 0 Å². The van der Waals surface area contributed by atoms with Crippen LogP contribution >= 0.6 is 0 Å². The van der Waals surface area contributed by atoms with Gasteiger partial charge in [0.15, 0.2) is 11.5 Å². The van der Waals surface area contributed by atoms with Crippen LogP contribution in [0, 0.1) is 0 Å². The second kappa shape index (κ2) is 6.91. The molecule has 0 bridgehead atoms. The molecule has 0 saturated heterocycles. The topological polar surface area (TPSA) is 43.4 Å². The molecule has 2 rings (SSSR count). The summed E-state index contributed by atoms with van der Waals surface area (Å²) in [5.41, 5.74) is 2.33. The Bertz CT molecular complexity index is 543. The predicted molar refractivity (Wildman–Crippen MR) is 79.0 cm³/mol. The van der Waals surface area contributed by atoms with Crippen molar-refractivity contribution in [2.45, 2.75) is 19.5 Å². The minimum atomic E-state index is 0.247. The van der Waals surface area contributed by atoms with E-state index in [9.17, 15) is 0 Å². The van der Waals surface area contributed by atoms with Gasteiger partial charge in [-0.15, -0.1) is 0 Å². The zero-order valence-corrected chi connectivity index (χ0v) is 12.1. The van der Waals surface area contributed by atoms with Gasteiger partial charge in [0.1, 0.15) is 0 Å². The molecule has 4 nitrogen and oxygen atoms in total. The minimum Gasteiger partial charge on any atom is -0.493 e. The molecule has 0 aliphatic rings. The first-order valence-corrected chi connectivity index (χ1v) is 6.59. The summed E-state index contributed by atoms with van der Waals surface area (Å²) in [6.07, 6.45) is 3.66. The van der Waals surface area contributed by atoms with E-state index in [1.165, 1.54) is 5.56 Å². The third-order valence-corrected chi connectivity index (χ3v) is 3.24. The van der Waals surface area contributed by atoms with Crippen molar-refractivity contribution in [1.82, 2.24) is 10.3 Å². The van der Waals surface area contributed by atoms with Gasteiger partial charge in [0, 0.05) is 25.0 Å². The van der Waals surface area contributed by atoms with Crippen LogP contribution in [0.5, 0.6) is 11.5 Å². The van der Waals surface area contributed by atoms with Gasteiger partial charge in [0.25, 0.3) is 0 Å². The van der Waals surface area contributed by atoms with Gasteiger partial charge in [0.2, 0.25) is 0 Å². The molecule has 0 aliphatic carbocycles. The summed E-state index contributed by atoms with van der Waals surface area (Å²) in [4.78, 5) is 4.13. The van der Waals surface area contributed by atoms with E-state index in [2.05, 4.69) is 23.3 Å². The van der Waals surface area contributed by atoms with E-state index in [0.717, 1.165) is 23.6 Å². The van der Waals surface area contributed by atoms with Crippen LogP contribution in [0.4, 0.5) is 0 Å². The first kappa shape index (κ1) is 14.3. The summed E-state index contributed by atoms with van der Waals surface area (Å²) in [6, 6.07) is 10.2. The molecule has 1 heterocycles. The van der Waals surface area contributed by atoms with E-state index in [0.29, 0.717) is 0 Å². The van der Waals surface area contributed by atoms with Crippen LogP contribution in [0.3, 0.4) is 0 Å². The predicted octanol–water partition coefficient (Wildman–Crippen LogP) is 2.95. The molecule has 1 aromatic carbocycles. The average molecular weight is 272 g/mol. The fraction of sp³-hybridized carbons (Fsp3) is 0.312. The Morgan fingerprint density at radius 1 is 1.15 bits per heavy atom. The molecule has 20 heavy (non-hydrogen) atoms. The molecule has 0 spiro atoms. The van der Waals surface area contributed by atoms with Crippen LogP contribution in [0.1, 0.15) is 24.1 Å². The number of hydrogen-bond acceptors (Lipinski definition) is 4. The number of hydrogen-bond donors (Lipinski definition) is 1. The van der Waals surface area contributed by atoms with Gasteiger partial charge < -0.3 is 14.8 Å². The Morgan fingerprint density at radius 3 is 2.60 bits per heavy atom. The van der Waals surface area contributed by atoms with Crippen molar-refractivity contribution in [2.75, 3.05) is 14.2 Å². The molecule has 1 unspecified atom stereocenters. The lowest BCUT2D eigenvalue weighted by Crippen LogP contribution is -2.18. The molecular weight excluding hydrogens is 252 g/mol. The van der Waals surface area contributed by atoms with Crippen molar-refractivity contribution >= 4 is 0 Å². The van der Waals surface area contributed by atoms with Crippen LogP contribution in [-0.4, -0.2) is 19.2 Å². The number of aromatic nitrogens is 1. The number of ether oxygens (including phenoxy) is 2. The zero-order chi connectivity index (χ0) is 14.4. The van der Waals surface area contributed by atoms with Crippen molar-refractivity contribution < 1.29 is 9.47 Å². The highest BCUT2D eigenvalue weighted by Crippen LogP contribution is 2.27. The van der Waals surface area contributed by atoms with Crippen molar-refractivity contribution in [3.8, 4) is 11.5 Å². The Kier molecular flexibility index (Phi) is 4.96. The molecule has 0 radical (unpaired) electrons. The number of nitrogens with one attached hydrogen (secondary N) is 1. The van der Waals surface area contributed by atoms with E-state index in [-0.39, 0.29) is 6.04 Å². The van der Waals surface area contributed by atoms with Gasteiger partial charge in [-0.05, 0) is 36.2 Å². The molecule has 1 N–H and O–H groups in total. The minimum absolute atomic E-state index is 0.247. The van der Waals surface area contributed by atoms with E-state index < -0.39 is 0 Å². The molecule has 1 aromatic heterocycles. The first-order chi connectivity index (χ1) is 9.74. The van der Waals surface area contributed by atoms with Crippen LogP contribution < -0.4 is 14.8 Å². The third-order valence-electron chi connectivity index (χ3n) is 3.24. The summed E-state index contributed by atoms with van der Waals surface area (Å²) in [5, 5.41) is 3.47. The lowest BCUT2D eigenvalue weighted by molar-refractivity contribution is 0.354.